The summed E-state index contributed by atoms with van der Waals surface area (Å²) in [6, 6.07) is 0. The van der Waals surface area contributed by atoms with Crippen LogP contribution in [0.5, 0.6) is 0 Å². The summed E-state index contributed by atoms with van der Waals surface area (Å²) < 4.78 is 4.52. The van der Waals surface area contributed by atoms with Crippen LogP contribution in [-0.4, -0.2) is 4.75 Å². The Bertz CT molecular complexity index is 262. The first kappa shape index (κ1) is 9.69. The average molecular weight is 213 g/mol. The lowest BCUT2D eigenvalue weighted by Gasteiger charge is -2.12. The zero-order valence-electron chi connectivity index (χ0n) is 8.21. The molecular formula is C10H17NP2. The van der Waals surface area contributed by atoms with E-state index in [0.29, 0.717) is 0 Å². The van der Waals surface area contributed by atoms with Gasteiger partial charge in [-0.25, -0.2) is 4.75 Å². The molecule has 0 spiro atoms. The Balaban J connectivity index is 2.10. The highest BCUT2D eigenvalue weighted by Gasteiger charge is 2.17. The van der Waals surface area contributed by atoms with Gasteiger partial charge in [-0.05, 0) is 41.6 Å². The Morgan fingerprint density at radius 1 is 1.23 bits per heavy atom. The fourth-order valence-electron chi connectivity index (χ4n) is 2.23. The largest absolute Gasteiger partial charge is 0.241 e. The Hall–Kier alpha value is 0.140. The minimum atomic E-state index is 0.815. The van der Waals surface area contributed by atoms with Gasteiger partial charge in [-0.15, -0.1) is 0 Å². The van der Waals surface area contributed by atoms with Gasteiger partial charge in [-0.3, -0.25) is 0 Å². The summed E-state index contributed by atoms with van der Waals surface area (Å²) in [5.41, 5.74) is 1.37. The van der Waals surface area contributed by atoms with Crippen molar-refractivity contribution in [3.8, 4) is 0 Å². The standard InChI is InChI=1S/C10H17NP2/c1-8-10(12-13-11-8)9-6-4-2-3-5-7-9/h9,13H,2-7H2,1H3. The van der Waals surface area contributed by atoms with Crippen molar-refractivity contribution in [1.29, 1.82) is 0 Å². The first-order valence-corrected chi connectivity index (χ1v) is 7.93. The van der Waals surface area contributed by atoms with Gasteiger partial charge in [0.15, 0.2) is 0 Å². The van der Waals surface area contributed by atoms with Crippen LogP contribution in [0.3, 0.4) is 0 Å². The van der Waals surface area contributed by atoms with Crippen LogP contribution in [0.15, 0.2) is 0 Å². The van der Waals surface area contributed by atoms with Crippen LogP contribution in [0.1, 0.15) is 55.4 Å². The summed E-state index contributed by atoms with van der Waals surface area (Å²) in [7, 11) is 2.34. The molecule has 1 aromatic rings. The van der Waals surface area contributed by atoms with Crippen LogP contribution >= 0.6 is 15.9 Å². The number of hydrogen-bond acceptors (Lipinski definition) is 1. The summed E-state index contributed by atoms with van der Waals surface area (Å²) in [6.07, 6.45) is 8.66. The molecule has 0 N–H and O–H groups in total. The molecule has 3 heteroatoms. The second-order valence-corrected chi connectivity index (χ2v) is 6.38. The summed E-state index contributed by atoms with van der Waals surface area (Å²) in [5, 5.41) is 1.68. The Kier molecular flexibility index (Phi) is 3.41. The van der Waals surface area contributed by atoms with Crippen molar-refractivity contribution in [3.63, 3.8) is 0 Å². The second kappa shape index (κ2) is 4.58. The van der Waals surface area contributed by atoms with E-state index >= 15 is 0 Å². The first-order valence-electron chi connectivity index (χ1n) is 5.25. The molecule has 0 saturated heterocycles. The number of nitrogens with zero attached hydrogens (tertiary/aromatic N) is 1. The minimum Gasteiger partial charge on any atom is -0.241 e. The molecule has 2 rings (SSSR count). The Morgan fingerprint density at radius 2 is 1.92 bits per heavy atom. The van der Waals surface area contributed by atoms with E-state index in [0.717, 1.165) is 13.9 Å². The fourth-order valence-corrected chi connectivity index (χ4v) is 5.36. The molecule has 0 bridgehead atoms. The van der Waals surface area contributed by atoms with Gasteiger partial charge in [-0.2, -0.15) is 0 Å². The van der Waals surface area contributed by atoms with Crippen molar-refractivity contribution >= 4 is 15.9 Å². The van der Waals surface area contributed by atoms with Crippen LogP contribution in [0.2, 0.25) is 0 Å². The van der Waals surface area contributed by atoms with Gasteiger partial charge in [0.25, 0.3) is 0 Å². The van der Waals surface area contributed by atoms with Gasteiger partial charge < -0.3 is 0 Å². The molecule has 1 aliphatic carbocycles. The number of aryl methyl sites for hydroxylation is 1. The smallest absolute Gasteiger partial charge is 0.0498 e. The number of aromatic nitrogens is 1. The topological polar surface area (TPSA) is 12.9 Å². The summed E-state index contributed by atoms with van der Waals surface area (Å²) in [5.74, 6) is 0.892. The second-order valence-electron chi connectivity index (χ2n) is 3.98. The van der Waals surface area contributed by atoms with Gasteiger partial charge >= 0.3 is 0 Å². The first-order chi connectivity index (χ1) is 6.38. The molecule has 72 valence electrons. The van der Waals surface area contributed by atoms with Crippen molar-refractivity contribution in [2.24, 2.45) is 0 Å². The van der Waals surface area contributed by atoms with E-state index in [-0.39, 0.29) is 0 Å². The lowest BCUT2D eigenvalue weighted by atomic mass is 9.98. The molecule has 1 saturated carbocycles. The van der Waals surface area contributed by atoms with E-state index in [9.17, 15) is 0 Å². The van der Waals surface area contributed by atoms with Crippen LogP contribution in [0.4, 0.5) is 0 Å². The third kappa shape index (κ3) is 2.33. The summed E-state index contributed by atoms with van der Waals surface area (Å²) in [6.45, 7) is 2.20. The van der Waals surface area contributed by atoms with Crippen LogP contribution in [0.25, 0.3) is 0 Å². The third-order valence-electron chi connectivity index (χ3n) is 3.00. The molecule has 1 atom stereocenters. The highest BCUT2D eigenvalue weighted by Crippen LogP contribution is 2.40. The van der Waals surface area contributed by atoms with Gasteiger partial charge in [0.1, 0.15) is 0 Å². The van der Waals surface area contributed by atoms with Crippen LogP contribution in [-0.2, 0) is 0 Å². The normalized spacial score (nSPS) is 21.3. The fraction of sp³-hybridized carbons (Fsp3) is 0.800. The van der Waals surface area contributed by atoms with Crippen LogP contribution < -0.4 is 0 Å². The van der Waals surface area contributed by atoms with E-state index < -0.39 is 0 Å². The lowest BCUT2D eigenvalue weighted by molar-refractivity contribution is 0.598. The van der Waals surface area contributed by atoms with Crippen molar-refractivity contribution in [2.75, 3.05) is 0 Å². The average Bonchev–Trinajstić information content (AvgIpc) is 2.43. The predicted molar refractivity (Wildman–Crippen MR) is 61.4 cm³/mol. The van der Waals surface area contributed by atoms with Gasteiger partial charge in [0, 0.05) is 11.0 Å². The van der Waals surface area contributed by atoms with Gasteiger partial charge in [0.05, 0.1) is 0 Å². The van der Waals surface area contributed by atoms with E-state index in [1.807, 2.05) is 0 Å². The highest BCUT2D eigenvalue weighted by atomic mass is 31.8. The zero-order chi connectivity index (χ0) is 9.10. The number of rotatable bonds is 1. The predicted octanol–water partition coefficient (Wildman–Crippen LogP) is 4.44. The molecule has 0 radical (unpaired) electrons. The lowest BCUT2D eigenvalue weighted by Crippen LogP contribution is -1.95. The highest BCUT2D eigenvalue weighted by molar-refractivity contribution is 7.89. The maximum absolute atomic E-state index is 4.52. The Morgan fingerprint density at radius 3 is 2.46 bits per heavy atom. The van der Waals surface area contributed by atoms with Gasteiger partial charge in [0.2, 0.25) is 0 Å². The molecule has 1 aliphatic rings. The zero-order valence-corrected chi connectivity index (χ0v) is 10.1. The molecule has 1 nitrogen and oxygen atoms in total. The summed E-state index contributed by atoms with van der Waals surface area (Å²) >= 11 is 0. The van der Waals surface area contributed by atoms with E-state index in [2.05, 4.69) is 11.7 Å². The molecule has 0 amide bonds. The maximum atomic E-state index is 4.52. The van der Waals surface area contributed by atoms with Crippen molar-refractivity contribution in [1.82, 2.24) is 4.75 Å². The minimum absolute atomic E-state index is 0.815. The van der Waals surface area contributed by atoms with Crippen molar-refractivity contribution in [3.05, 3.63) is 11.0 Å². The summed E-state index contributed by atoms with van der Waals surface area (Å²) in [4.78, 5) is 0. The quantitative estimate of drug-likeness (QED) is 0.628. The van der Waals surface area contributed by atoms with E-state index in [1.165, 1.54) is 52.1 Å². The molecular weight excluding hydrogens is 196 g/mol. The molecule has 1 unspecified atom stereocenters. The van der Waals surface area contributed by atoms with Crippen molar-refractivity contribution in [2.45, 2.75) is 51.4 Å². The molecule has 0 aromatic carbocycles. The van der Waals surface area contributed by atoms with E-state index in [1.54, 1.807) is 5.30 Å². The molecule has 1 aromatic heterocycles. The van der Waals surface area contributed by atoms with Crippen molar-refractivity contribution < 1.29 is 0 Å². The van der Waals surface area contributed by atoms with Crippen LogP contribution in [0, 0.1) is 6.92 Å². The molecule has 13 heavy (non-hydrogen) atoms. The number of hydrogen-bond donors (Lipinski definition) is 0. The molecule has 0 aliphatic heterocycles. The molecule has 1 fully saturated rings. The maximum Gasteiger partial charge on any atom is 0.0498 e. The van der Waals surface area contributed by atoms with E-state index in [4.69, 9.17) is 0 Å². The SMILES string of the molecule is Cc1n[pH]pc1C1CCCCCC1. The third-order valence-corrected chi connectivity index (χ3v) is 5.79. The Labute approximate surface area is 83.5 Å². The van der Waals surface area contributed by atoms with Gasteiger partial charge in [-0.1, -0.05) is 25.7 Å². The molecule has 1 heterocycles. The monoisotopic (exact) mass is 213 g/mol.